The fourth-order valence-corrected chi connectivity index (χ4v) is 2.92. The zero-order valence-corrected chi connectivity index (χ0v) is 13.9. The Labute approximate surface area is 136 Å². The van der Waals surface area contributed by atoms with Crippen LogP contribution in [0.5, 0.6) is 0 Å². The Bertz CT molecular complexity index is 754. The van der Waals surface area contributed by atoms with E-state index in [1.165, 1.54) is 0 Å². The predicted molar refractivity (Wildman–Crippen MR) is 88.0 cm³/mol. The smallest absolute Gasteiger partial charge is 0.336 e. The summed E-state index contributed by atoms with van der Waals surface area (Å²) in [4.78, 5) is 12.4. The maximum absolute atomic E-state index is 12.4. The Balaban J connectivity index is 2.66. The van der Waals surface area contributed by atoms with Crippen LogP contribution in [0.4, 0.5) is 0 Å². The maximum atomic E-state index is 12.4. The van der Waals surface area contributed by atoms with E-state index in [0.29, 0.717) is 16.8 Å². The van der Waals surface area contributed by atoms with Crippen LogP contribution in [0.2, 0.25) is 0 Å². The molecule has 1 aromatic carbocycles. The molecule has 0 amide bonds. The highest BCUT2D eigenvalue weighted by Gasteiger charge is 2.35. The van der Waals surface area contributed by atoms with E-state index >= 15 is 0 Å². The Hall–Kier alpha value is -2.74. The number of ether oxygens (including phenoxy) is 1. The van der Waals surface area contributed by atoms with Gasteiger partial charge in [0.1, 0.15) is 5.82 Å². The second-order valence-electron chi connectivity index (χ2n) is 5.62. The molecule has 0 radical (unpaired) electrons. The van der Waals surface area contributed by atoms with Crippen LogP contribution in [0.25, 0.3) is 0 Å². The van der Waals surface area contributed by atoms with Crippen LogP contribution in [0, 0.1) is 25.2 Å². The normalized spacial score (nSPS) is 17.6. The number of carbonyl (C=O) groups excluding carboxylic acids is 1. The molecule has 5 heteroatoms. The Morgan fingerprint density at radius 1 is 1.39 bits per heavy atom. The molecule has 5 nitrogen and oxygen atoms in total. The number of nitrogens with one attached hydrogen (secondary N) is 1. The van der Waals surface area contributed by atoms with Crippen LogP contribution in [-0.4, -0.2) is 12.6 Å². The van der Waals surface area contributed by atoms with Gasteiger partial charge in [0.15, 0.2) is 0 Å². The molecule has 0 aliphatic carbocycles. The van der Waals surface area contributed by atoms with Crippen molar-refractivity contribution in [2.75, 3.05) is 6.61 Å². The van der Waals surface area contributed by atoms with Crippen molar-refractivity contribution in [3.63, 3.8) is 0 Å². The molecule has 1 aliphatic heterocycles. The minimum absolute atomic E-state index is 0.274. The van der Waals surface area contributed by atoms with E-state index in [9.17, 15) is 10.1 Å². The lowest BCUT2D eigenvalue weighted by atomic mass is 9.80. The van der Waals surface area contributed by atoms with Crippen molar-refractivity contribution in [1.29, 1.82) is 5.26 Å². The van der Waals surface area contributed by atoms with Gasteiger partial charge < -0.3 is 15.8 Å². The summed E-state index contributed by atoms with van der Waals surface area (Å²) < 4.78 is 5.19. The number of carbonyl (C=O) groups is 1. The summed E-state index contributed by atoms with van der Waals surface area (Å²) in [7, 11) is 0. The quantitative estimate of drug-likeness (QED) is 0.837. The summed E-state index contributed by atoms with van der Waals surface area (Å²) in [6, 6.07) is 8.08. The number of nitrogens with two attached hydrogens (primary N) is 1. The van der Waals surface area contributed by atoms with E-state index in [0.717, 1.165) is 16.7 Å². The second-order valence-corrected chi connectivity index (χ2v) is 5.62. The molecule has 0 unspecified atom stereocenters. The minimum atomic E-state index is -0.513. The van der Waals surface area contributed by atoms with Crippen LogP contribution in [-0.2, 0) is 9.53 Å². The average Bonchev–Trinajstić information content (AvgIpc) is 2.46. The van der Waals surface area contributed by atoms with Gasteiger partial charge in [-0.05, 0) is 38.8 Å². The lowest BCUT2D eigenvalue weighted by molar-refractivity contribution is -0.138. The maximum Gasteiger partial charge on any atom is 0.336 e. The summed E-state index contributed by atoms with van der Waals surface area (Å²) >= 11 is 0. The predicted octanol–water partition coefficient (Wildman–Crippen LogP) is 2.52. The molecule has 1 aliphatic rings. The summed E-state index contributed by atoms with van der Waals surface area (Å²) in [5, 5.41) is 12.5. The van der Waals surface area contributed by atoms with Gasteiger partial charge in [-0.3, -0.25) is 0 Å². The topological polar surface area (TPSA) is 88.1 Å². The second kappa shape index (κ2) is 6.57. The van der Waals surface area contributed by atoms with Gasteiger partial charge in [0.05, 0.1) is 29.7 Å². The zero-order chi connectivity index (χ0) is 17.1. The van der Waals surface area contributed by atoms with Gasteiger partial charge in [-0.2, -0.15) is 5.26 Å². The van der Waals surface area contributed by atoms with Crippen LogP contribution >= 0.6 is 0 Å². The third-order valence-corrected chi connectivity index (χ3v) is 3.95. The molecule has 0 bridgehead atoms. The van der Waals surface area contributed by atoms with Crippen molar-refractivity contribution in [2.24, 2.45) is 5.73 Å². The molecular formula is C18H21N3O2. The highest BCUT2D eigenvalue weighted by atomic mass is 16.5. The molecule has 0 aromatic heterocycles. The molecule has 0 spiro atoms. The molecule has 3 N–H and O–H groups in total. The van der Waals surface area contributed by atoms with Crippen LogP contribution < -0.4 is 11.1 Å². The van der Waals surface area contributed by atoms with E-state index in [1.54, 1.807) is 13.8 Å². The number of allylic oxidation sites excluding steroid dienone is 2. The van der Waals surface area contributed by atoms with Crippen molar-refractivity contribution in [1.82, 2.24) is 5.32 Å². The largest absolute Gasteiger partial charge is 0.463 e. The number of nitriles is 1. The molecule has 0 saturated heterocycles. The molecule has 0 fully saturated rings. The van der Waals surface area contributed by atoms with Gasteiger partial charge >= 0.3 is 5.97 Å². The molecular weight excluding hydrogens is 290 g/mol. The number of benzene rings is 1. The monoisotopic (exact) mass is 311 g/mol. The van der Waals surface area contributed by atoms with Gasteiger partial charge in [-0.15, -0.1) is 0 Å². The third kappa shape index (κ3) is 3.07. The lowest BCUT2D eigenvalue weighted by Gasteiger charge is -2.29. The summed E-state index contributed by atoms with van der Waals surface area (Å²) in [6.45, 7) is 7.77. The van der Waals surface area contributed by atoms with Crippen molar-refractivity contribution in [3.05, 3.63) is 57.6 Å². The SMILES string of the molecule is CCOC(=O)C1=C(C)NC(N)=C(C#N)[C@@H]1c1ccc(C)cc1C. The minimum Gasteiger partial charge on any atom is -0.463 e. The van der Waals surface area contributed by atoms with E-state index in [-0.39, 0.29) is 12.4 Å². The van der Waals surface area contributed by atoms with Crippen LogP contribution in [0.15, 0.2) is 40.9 Å². The van der Waals surface area contributed by atoms with Crippen molar-refractivity contribution < 1.29 is 9.53 Å². The molecule has 120 valence electrons. The first-order valence-electron chi connectivity index (χ1n) is 7.52. The number of aryl methyl sites for hydroxylation is 2. The number of hydrogen-bond acceptors (Lipinski definition) is 5. The van der Waals surface area contributed by atoms with E-state index in [1.807, 2.05) is 32.0 Å². The summed E-state index contributed by atoms with van der Waals surface area (Å²) in [5.74, 6) is -0.661. The fraction of sp³-hybridized carbons (Fsp3) is 0.333. The van der Waals surface area contributed by atoms with E-state index in [2.05, 4.69) is 11.4 Å². The van der Waals surface area contributed by atoms with Crippen LogP contribution in [0.1, 0.15) is 36.5 Å². The highest BCUT2D eigenvalue weighted by molar-refractivity contribution is 5.93. The van der Waals surface area contributed by atoms with Crippen LogP contribution in [0.3, 0.4) is 0 Å². The van der Waals surface area contributed by atoms with Gasteiger partial charge in [-0.1, -0.05) is 23.8 Å². The number of esters is 1. The fourth-order valence-electron chi connectivity index (χ4n) is 2.92. The van der Waals surface area contributed by atoms with E-state index in [4.69, 9.17) is 10.5 Å². The van der Waals surface area contributed by atoms with Gasteiger partial charge in [0.25, 0.3) is 0 Å². The molecule has 1 aromatic rings. The molecule has 0 saturated carbocycles. The standard InChI is InChI=1S/C18H21N3O2/c1-5-23-18(22)15-12(4)21-17(20)14(9-19)16(15)13-7-6-10(2)8-11(13)3/h6-8,16,21H,5,20H2,1-4H3/t16-/m0/s1. The summed E-state index contributed by atoms with van der Waals surface area (Å²) in [6.07, 6.45) is 0. The van der Waals surface area contributed by atoms with Crippen molar-refractivity contribution >= 4 is 5.97 Å². The van der Waals surface area contributed by atoms with Gasteiger partial charge in [0, 0.05) is 5.70 Å². The third-order valence-electron chi connectivity index (χ3n) is 3.95. The zero-order valence-electron chi connectivity index (χ0n) is 13.9. The number of hydrogen-bond donors (Lipinski definition) is 2. The average molecular weight is 311 g/mol. The molecule has 1 heterocycles. The Kier molecular flexibility index (Phi) is 4.75. The van der Waals surface area contributed by atoms with Crippen molar-refractivity contribution in [2.45, 2.75) is 33.6 Å². The first kappa shape index (κ1) is 16.6. The number of nitrogens with zero attached hydrogens (tertiary/aromatic N) is 1. The highest BCUT2D eigenvalue weighted by Crippen LogP contribution is 2.38. The summed E-state index contributed by atoms with van der Waals surface area (Å²) in [5.41, 5.74) is 10.4. The molecule has 2 rings (SSSR count). The van der Waals surface area contributed by atoms with Crippen molar-refractivity contribution in [3.8, 4) is 6.07 Å². The Morgan fingerprint density at radius 3 is 2.65 bits per heavy atom. The Morgan fingerprint density at radius 2 is 2.09 bits per heavy atom. The van der Waals surface area contributed by atoms with Gasteiger partial charge in [0.2, 0.25) is 0 Å². The first-order valence-corrected chi connectivity index (χ1v) is 7.52. The number of dihydropyridines is 1. The molecule has 23 heavy (non-hydrogen) atoms. The first-order chi connectivity index (χ1) is 10.9. The lowest BCUT2D eigenvalue weighted by Crippen LogP contribution is -2.33. The molecule has 1 atom stereocenters. The van der Waals surface area contributed by atoms with E-state index < -0.39 is 11.9 Å². The number of rotatable bonds is 3. The van der Waals surface area contributed by atoms with Gasteiger partial charge in [-0.25, -0.2) is 4.79 Å².